The van der Waals surface area contributed by atoms with Gasteiger partial charge in [0.15, 0.2) is 0 Å². The van der Waals surface area contributed by atoms with E-state index in [4.69, 9.17) is 0 Å². The van der Waals surface area contributed by atoms with Gasteiger partial charge in [-0.2, -0.15) is 0 Å². The zero-order valence-electron chi connectivity index (χ0n) is 7.53. The molecule has 2 rings (SSSR count). The van der Waals surface area contributed by atoms with Gasteiger partial charge in [0.25, 0.3) is 0 Å². The lowest BCUT2D eigenvalue weighted by Crippen LogP contribution is -2.08. The summed E-state index contributed by atoms with van der Waals surface area (Å²) in [5.74, 6) is -0.00700. The van der Waals surface area contributed by atoms with Crippen LogP contribution in [-0.4, -0.2) is 16.1 Å². The molecule has 0 radical (unpaired) electrons. The second-order valence-electron chi connectivity index (χ2n) is 3.37. The number of carbonyl (C=O) groups is 1. The van der Waals surface area contributed by atoms with Crippen molar-refractivity contribution in [3.05, 3.63) is 23.8 Å². The van der Waals surface area contributed by atoms with Gasteiger partial charge in [-0.05, 0) is 24.6 Å². The van der Waals surface area contributed by atoms with Gasteiger partial charge in [-0.1, -0.05) is 0 Å². The van der Waals surface area contributed by atoms with E-state index in [1.807, 2.05) is 0 Å². The van der Waals surface area contributed by atoms with Crippen molar-refractivity contribution < 1.29 is 15.0 Å². The highest BCUT2D eigenvalue weighted by Crippen LogP contribution is 2.32. The summed E-state index contributed by atoms with van der Waals surface area (Å²) in [6, 6.07) is 4.56. The van der Waals surface area contributed by atoms with Gasteiger partial charge in [0.05, 0.1) is 6.10 Å². The summed E-state index contributed by atoms with van der Waals surface area (Å²) >= 11 is 0. The van der Waals surface area contributed by atoms with Gasteiger partial charge in [0.2, 0.25) is 5.91 Å². The molecule has 0 aromatic heterocycles. The van der Waals surface area contributed by atoms with Crippen LogP contribution in [0, 0.1) is 0 Å². The largest absolute Gasteiger partial charge is 0.508 e. The molecule has 1 aromatic rings. The first-order valence-corrected chi connectivity index (χ1v) is 4.47. The second kappa shape index (κ2) is 3.31. The average Bonchev–Trinajstić information content (AvgIpc) is 2.29. The van der Waals surface area contributed by atoms with Crippen LogP contribution < -0.4 is 5.32 Å². The van der Waals surface area contributed by atoms with Crippen molar-refractivity contribution in [2.75, 3.05) is 5.32 Å². The Balaban J connectivity index is 2.46. The molecule has 1 aromatic carbocycles. The van der Waals surface area contributed by atoms with Crippen molar-refractivity contribution >= 4 is 11.6 Å². The number of benzene rings is 1. The Morgan fingerprint density at radius 1 is 1.43 bits per heavy atom. The molecule has 4 nitrogen and oxygen atoms in total. The minimum Gasteiger partial charge on any atom is -0.508 e. The highest BCUT2D eigenvalue weighted by molar-refractivity contribution is 5.92. The average molecular weight is 193 g/mol. The Kier molecular flexibility index (Phi) is 2.13. The molecule has 0 saturated heterocycles. The van der Waals surface area contributed by atoms with E-state index in [9.17, 15) is 15.0 Å². The molecule has 74 valence electrons. The third-order valence-corrected chi connectivity index (χ3v) is 2.31. The number of anilines is 1. The standard InChI is InChI=1S/C10H11NO3/c12-6-1-2-8-7(5-6)9(13)3-4-10(14)11-8/h1-2,5,9,12-13H,3-4H2,(H,11,14). The van der Waals surface area contributed by atoms with Crippen LogP contribution in [-0.2, 0) is 4.79 Å². The molecule has 0 spiro atoms. The second-order valence-corrected chi connectivity index (χ2v) is 3.37. The first-order valence-electron chi connectivity index (χ1n) is 4.47. The van der Waals surface area contributed by atoms with Crippen molar-refractivity contribution in [2.24, 2.45) is 0 Å². The number of phenolic OH excluding ortho intramolecular Hbond substituents is 1. The van der Waals surface area contributed by atoms with Crippen LogP contribution in [0.25, 0.3) is 0 Å². The van der Waals surface area contributed by atoms with Gasteiger partial charge in [-0.25, -0.2) is 0 Å². The molecule has 0 bridgehead atoms. The fourth-order valence-corrected chi connectivity index (χ4v) is 1.58. The van der Waals surface area contributed by atoms with Crippen LogP contribution in [0.5, 0.6) is 5.75 Å². The first kappa shape index (κ1) is 9.02. The molecule has 1 atom stereocenters. The zero-order chi connectivity index (χ0) is 10.1. The molecule has 14 heavy (non-hydrogen) atoms. The van der Waals surface area contributed by atoms with Gasteiger partial charge in [0, 0.05) is 17.7 Å². The van der Waals surface area contributed by atoms with Crippen LogP contribution in [0.1, 0.15) is 24.5 Å². The Bertz CT molecular complexity index is 376. The number of rotatable bonds is 0. The lowest BCUT2D eigenvalue weighted by Gasteiger charge is -2.10. The SMILES string of the molecule is O=C1CCC(O)c2cc(O)ccc2N1. The van der Waals surface area contributed by atoms with Crippen molar-refractivity contribution in [3.63, 3.8) is 0 Å². The van der Waals surface area contributed by atoms with E-state index in [0.29, 0.717) is 24.1 Å². The number of fused-ring (bicyclic) bond motifs is 1. The van der Waals surface area contributed by atoms with Crippen molar-refractivity contribution in [3.8, 4) is 5.75 Å². The Morgan fingerprint density at radius 3 is 3.00 bits per heavy atom. The summed E-state index contributed by atoms with van der Waals surface area (Å²) in [4.78, 5) is 11.2. The first-order chi connectivity index (χ1) is 6.66. The fraction of sp³-hybridized carbons (Fsp3) is 0.300. The number of aliphatic hydroxyl groups is 1. The monoisotopic (exact) mass is 193 g/mol. The van der Waals surface area contributed by atoms with Crippen LogP contribution in [0.3, 0.4) is 0 Å². The van der Waals surface area contributed by atoms with Gasteiger partial charge in [0.1, 0.15) is 5.75 Å². The Hall–Kier alpha value is -1.55. The van der Waals surface area contributed by atoms with Gasteiger partial charge in [-0.3, -0.25) is 4.79 Å². The van der Waals surface area contributed by atoms with E-state index in [-0.39, 0.29) is 11.7 Å². The molecule has 1 heterocycles. The lowest BCUT2D eigenvalue weighted by molar-refractivity contribution is -0.116. The molecule has 1 amide bonds. The lowest BCUT2D eigenvalue weighted by atomic mass is 10.0. The third kappa shape index (κ3) is 1.56. The molecule has 1 unspecified atom stereocenters. The smallest absolute Gasteiger partial charge is 0.224 e. The summed E-state index contributed by atoms with van der Waals surface area (Å²) < 4.78 is 0. The van der Waals surface area contributed by atoms with Gasteiger partial charge < -0.3 is 15.5 Å². The maximum absolute atomic E-state index is 11.2. The number of hydrogen-bond donors (Lipinski definition) is 3. The topological polar surface area (TPSA) is 69.6 Å². The maximum atomic E-state index is 11.2. The van der Waals surface area contributed by atoms with E-state index in [1.54, 1.807) is 6.07 Å². The summed E-state index contributed by atoms with van der Waals surface area (Å²) in [6.07, 6.45) is 0.00914. The van der Waals surface area contributed by atoms with E-state index in [1.165, 1.54) is 12.1 Å². The predicted octanol–water partition coefficient (Wildman–Crippen LogP) is 1.16. The summed E-state index contributed by atoms with van der Waals surface area (Å²) in [7, 11) is 0. The van der Waals surface area contributed by atoms with Crippen LogP contribution in [0.2, 0.25) is 0 Å². The normalized spacial score (nSPS) is 20.9. The molecule has 4 heteroatoms. The van der Waals surface area contributed by atoms with Crippen molar-refractivity contribution in [1.29, 1.82) is 0 Å². The van der Waals surface area contributed by atoms with Gasteiger partial charge >= 0.3 is 0 Å². The van der Waals surface area contributed by atoms with E-state index < -0.39 is 6.10 Å². The number of amides is 1. The summed E-state index contributed by atoms with van der Waals surface area (Å²) in [6.45, 7) is 0. The molecular formula is C10H11NO3. The fourth-order valence-electron chi connectivity index (χ4n) is 1.58. The molecular weight excluding hydrogens is 182 g/mol. The highest BCUT2D eigenvalue weighted by atomic mass is 16.3. The van der Waals surface area contributed by atoms with Crippen LogP contribution in [0.4, 0.5) is 5.69 Å². The minimum atomic E-state index is -0.684. The summed E-state index contributed by atoms with van der Waals surface area (Å²) in [5.41, 5.74) is 1.16. The molecule has 0 fully saturated rings. The number of phenols is 1. The Morgan fingerprint density at radius 2 is 2.21 bits per heavy atom. The van der Waals surface area contributed by atoms with Gasteiger partial charge in [-0.15, -0.1) is 0 Å². The quantitative estimate of drug-likeness (QED) is 0.541. The number of carbonyl (C=O) groups excluding carboxylic acids is 1. The van der Waals surface area contributed by atoms with E-state index >= 15 is 0 Å². The number of aromatic hydroxyl groups is 1. The van der Waals surface area contributed by atoms with Crippen LogP contribution in [0.15, 0.2) is 18.2 Å². The molecule has 3 N–H and O–H groups in total. The predicted molar refractivity (Wildman–Crippen MR) is 50.9 cm³/mol. The van der Waals surface area contributed by atoms with Crippen molar-refractivity contribution in [2.45, 2.75) is 18.9 Å². The van der Waals surface area contributed by atoms with E-state index in [2.05, 4.69) is 5.32 Å². The zero-order valence-corrected chi connectivity index (χ0v) is 7.53. The number of nitrogens with one attached hydrogen (secondary N) is 1. The number of hydrogen-bond acceptors (Lipinski definition) is 3. The number of aliphatic hydroxyl groups excluding tert-OH is 1. The van der Waals surface area contributed by atoms with E-state index in [0.717, 1.165) is 0 Å². The Labute approximate surface area is 81.2 Å². The summed E-state index contributed by atoms with van der Waals surface area (Å²) in [5, 5.41) is 21.6. The molecule has 0 aliphatic carbocycles. The molecule has 1 aliphatic heterocycles. The van der Waals surface area contributed by atoms with Crippen LogP contribution >= 0.6 is 0 Å². The molecule has 1 aliphatic rings. The third-order valence-electron chi connectivity index (χ3n) is 2.31. The maximum Gasteiger partial charge on any atom is 0.224 e. The van der Waals surface area contributed by atoms with Crippen molar-refractivity contribution in [1.82, 2.24) is 0 Å². The highest BCUT2D eigenvalue weighted by Gasteiger charge is 2.20. The molecule has 0 saturated carbocycles. The minimum absolute atomic E-state index is 0.0962.